The van der Waals surface area contributed by atoms with E-state index in [1.54, 1.807) is 11.3 Å². The fourth-order valence-electron chi connectivity index (χ4n) is 2.97. The highest BCUT2D eigenvalue weighted by atomic mass is 32.1. The third-order valence-corrected chi connectivity index (χ3v) is 5.67. The number of hydrogen-bond acceptors (Lipinski definition) is 4. The molecule has 1 aliphatic heterocycles. The molecular weight excluding hydrogens is 338 g/mol. The highest BCUT2D eigenvalue weighted by Gasteiger charge is 2.29. The van der Waals surface area contributed by atoms with E-state index in [0.717, 1.165) is 25.8 Å². The van der Waals surface area contributed by atoms with Gasteiger partial charge in [0.2, 0.25) is 17.7 Å². The van der Waals surface area contributed by atoms with Gasteiger partial charge in [0.1, 0.15) is 0 Å². The summed E-state index contributed by atoms with van der Waals surface area (Å²) in [6, 6.07) is 2.09. The molecule has 3 rings (SSSR count). The molecule has 1 aliphatic carbocycles. The van der Waals surface area contributed by atoms with Crippen molar-refractivity contribution < 1.29 is 14.4 Å². The van der Waals surface area contributed by atoms with Gasteiger partial charge in [0.05, 0.1) is 0 Å². The maximum Gasteiger partial charge on any atom is 0.224 e. The normalized spacial score (nSPS) is 16.2. The summed E-state index contributed by atoms with van der Waals surface area (Å²) >= 11 is 1.76. The van der Waals surface area contributed by atoms with Crippen LogP contribution in [0.5, 0.6) is 0 Å². The van der Waals surface area contributed by atoms with E-state index >= 15 is 0 Å². The molecule has 1 aromatic heterocycles. The third-order valence-electron chi connectivity index (χ3n) is 4.65. The summed E-state index contributed by atoms with van der Waals surface area (Å²) in [5.41, 5.74) is 1.25. The van der Waals surface area contributed by atoms with Gasteiger partial charge in [-0.25, -0.2) is 0 Å². The van der Waals surface area contributed by atoms with Crippen molar-refractivity contribution in [2.45, 2.75) is 45.1 Å². The van der Waals surface area contributed by atoms with E-state index in [1.165, 1.54) is 10.4 Å². The van der Waals surface area contributed by atoms with Crippen LogP contribution >= 0.6 is 11.3 Å². The number of carbonyl (C=O) groups excluding carboxylic acids is 3. The van der Waals surface area contributed by atoms with Crippen molar-refractivity contribution in [3.63, 3.8) is 0 Å². The van der Waals surface area contributed by atoms with Crippen LogP contribution in [0.2, 0.25) is 0 Å². The molecule has 6 nitrogen and oxygen atoms in total. The van der Waals surface area contributed by atoms with Crippen molar-refractivity contribution in [2.75, 3.05) is 19.6 Å². The molecule has 1 fully saturated rings. The van der Waals surface area contributed by atoms with Gasteiger partial charge in [0, 0.05) is 49.8 Å². The lowest BCUT2D eigenvalue weighted by atomic mass is 10.1. The number of rotatable bonds is 8. The molecule has 25 heavy (non-hydrogen) atoms. The fraction of sp³-hybridized carbons (Fsp3) is 0.611. The Labute approximate surface area is 152 Å². The van der Waals surface area contributed by atoms with Gasteiger partial charge in [-0.3, -0.25) is 14.4 Å². The second-order valence-corrected chi connectivity index (χ2v) is 7.70. The van der Waals surface area contributed by atoms with Crippen molar-refractivity contribution in [3.05, 3.63) is 21.9 Å². The van der Waals surface area contributed by atoms with Crippen LogP contribution in [0.25, 0.3) is 0 Å². The summed E-state index contributed by atoms with van der Waals surface area (Å²) in [5.74, 6) is 0.349. The molecule has 3 amide bonds. The molecule has 0 aromatic carbocycles. The van der Waals surface area contributed by atoms with E-state index in [0.29, 0.717) is 38.9 Å². The van der Waals surface area contributed by atoms with E-state index in [1.807, 2.05) is 4.90 Å². The molecule has 1 saturated carbocycles. The lowest BCUT2D eigenvalue weighted by Gasteiger charge is -2.27. The molecule has 0 saturated heterocycles. The monoisotopic (exact) mass is 363 g/mol. The van der Waals surface area contributed by atoms with Crippen LogP contribution in [0.1, 0.15) is 42.5 Å². The van der Waals surface area contributed by atoms with Crippen LogP contribution in [0.3, 0.4) is 0 Å². The van der Waals surface area contributed by atoms with Crippen LogP contribution in [0, 0.1) is 5.92 Å². The Balaban J connectivity index is 1.25. The van der Waals surface area contributed by atoms with Gasteiger partial charge in [-0.1, -0.05) is 0 Å². The second-order valence-electron chi connectivity index (χ2n) is 6.70. The summed E-state index contributed by atoms with van der Waals surface area (Å²) < 4.78 is 0. The highest BCUT2D eigenvalue weighted by Crippen LogP contribution is 2.28. The third kappa shape index (κ3) is 5.29. The van der Waals surface area contributed by atoms with Crippen molar-refractivity contribution in [2.24, 2.45) is 5.92 Å². The molecule has 2 aliphatic rings. The highest BCUT2D eigenvalue weighted by molar-refractivity contribution is 7.10. The van der Waals surface area contributed by atoms with Gasteiger partial charge in [0.15, 0.2) is 0 Å². The van der Waals surface area contributed by atoms with Gasteiger partial charge >= 0.3 is 0 Å². The van der Waals surface area contributed by atoms with E-state index in [4.69, 9.17) is 0 Å². The van der Waals surface area contributed by atoms with E-state index in [-0.39, 0.29) is 23.6 Å². The molecule has 2 N–H and O–H groups in total. The lowest BCUT2D eigenvalue weighted by Crippen LogP contribution is -2.37. The first-order valence-electron chi connectivity index (χ1n) is 9.01. The number of fused-ring (bicyclic) bond motifs is 1. The standard InChI is InChI=1S/C18H25N3O3S/c22-16(2-1-8-20-18(24)13-3-4-13)19-9-5-17(23)21-10-6-15-14(12-21)7-11-25-15/h7,11,13H,1-6,8-10,12H2,(H,19,22)(H,20,24). The van der Waals surface area contributed by atoms with Crippen molar-refractivity contribution in [1.29, 1.82) is 0 Å². The van der Waals surface area contributed by atoms with Crippen LogP contribution in [-0.4, -0.2) is 42.3 Å². The zero-order valence-electron chi connectivity index (χ0n) is 14.4. The first-order valence-corrected chi connectivity index (χ1v) is 9.89. The van der Waals surface area contributed by atoms with E-state index in [9.17, 15) is 14.4 Å². The van der Waals surface area contributed by atoms with Crippen molar-refractivity contribution >= 4 is 29.1 Å². The van der Waals surface area contributed by atoms with Gasteiger partial charge in [0.25, 0.3) is 0 Å². The summed E-state index contributed by atoms with van der Waals surface area (Å²) in [4.78, 5) is 38.7. The van der Waals surface area contributed by atoms with Crippen molar-refractivity contribution in [3.8, 4) is 0 Å². The largest absolute Gasteiger partial charge is 0.356 e. The minimum Gasteiger partial charge on any atom is -0.356 e. The average Bonchev–Trinajstić information content (AvgIpc) is 3.36. The Hall–Kier alpha value is -1.89. The minimum atomic E-state index is -0.0627. The lowest BCUT2D eigenvalue weighted by molar-refractivity contribution is -0.132. The summed E-state index contributed by atoms with van der Waals surface area (Å²) in [6.07, 6.45) is 4.25. The maximum atomic E-state index is 12.2. The van der Waals surface area contributed by atoms with E-state index in [2.05, 4.69) is 22.1 Å². The number of nitrogens with zero attached hydrogens (tertiary/aromatic N) is 1. The number of thiophene rings is 1. The fourth-order valence-corrected chi connectivity index (χ4v) is 3.86. The molecule has 136 valence electrons. The number of amides is 3. The molecule has 2 heterocycles. The van der Waals surface area contributed by atoms with Crippen LogP contribution in [0.4, 0.5) is 0 Å². The minimum absolute atomic E-state index is 0.0627. The van der Waals surface area contributed by atoms with Crippen molar-refractivity contribution in [1.82, 2.24) is 15.5 Å². The topological polar surface area (TPSA) is 78.5 Å². The molecule has 0 unspecified atom stereocenters. The number of nitrogens with one attached hydrogen (secondary N) is 2. The summed E-state index contributed by atoms with van der Waals surface area (Å²) in [7, 11) is 0. The molecule has 0 atom stereocenters. The zero-order chi connectivity index (χ0) is 17.6. The number of carbonyl (C=O) groups is 3. The van der Waals surface area contributed by atoms with Crippen LogP contribution in [0.15, 0.2) is 11.4 Å². The first kappa shape index (κ1) is 17.9. The van der Waals surface area contributed by atoms with Crippen LogP contribution in [-0.2, 0) is 27.3 Å². The summed E-state index contributed by atoms with van der Waals surface area (Å²) in [5, 5.41) is 7.71. The van der Waals surface area contributed by atoms with Gasteiger partial charge in [-0.15, -0.1) is 11.3 Å². The van der Waals surface area contributed by atoms with Crippen LogP contribution < -0.4 is 10.6 Å². The second kappa shape index (κ2) is 8.47. The Morgan fingerprint density at radius 2 is 2.00 bits per heavy atom. The maximum absolute atomic E-state index is 12.2. The predicted octanol–water partition coefficient (Wildman–Crippen LogP) is 1.45. The predicted molar refractivity (Wildman–Crippen MR) is 96.0 cm³/mol. The van der Waals surface area contributed by atoms with E-state index < -0.39 is 0 Å². The Kier molecular flexibility index (Phi) is 6.07. The molecule has 1 aromatic rings. The SMILES string of the molecule is O=C(CCCNC(=O)C1CC1)NCCC(=O)N1CCc2sccc2C1. The summed E-state index contributed by atoms with van der Waals surface area (Å²) in [6.45, 7) is 2.37. The van der Waals surface area contributed by atoms with Gasteiger partial charge in [-0.2, -0.15) is 0 Å². The van der Waals surface area contributed by atoms with Gasteiger partial charge in [-0.05, 0) is 42.7 Å². The molecule has 7 heteroatoms. The molecule has 0 bridgehead atoms. The quantitative estimate of drug-likeness (QED) is 0.686. The molecule has 0 spiro atoms. The smallest absolute Gasteiger partial charge is 0.224 e. The Bertz CT molecular complexity index is 639. The van der Waals surface area contributed by atoms with Gasteiger partial charge < -0.3 is 15.5 Å². The Morgan fingerprint density at radius 1 is 1.16 bits per heavy atom. The molecular formula is C18H25N3O3S. The first-order chi connectivity index (χ1) is 12.1. The zero-order valence-corrected chi connectivity index (χ0v) is 15.2. The molecule has 0 radical (unpaired) electrons. The Morgan fingerprint density at radius 3 is 2.80 bits per heavy atom. The average molecular weight is 363 g/mol. The number of hydrogen-bond donors (Lipinski definition) is 2.